The Hall–Kier alpha value is -2.47. The normalized spacial score (nSPS) is 22.5. The summed E-state index contributed by atoms with van der Waals surface area (Å²) in [6.45, 7) is 6.14. The zero-order chi connectivity index (χ0) is 16.5. The monoisotopic (exact) mass is 323 g/mol. The number of nitrogens with one attached hydrogen (secondary N) is 2. The highest BCUT2D eigenvalue weighted by molar-refractivity contribution is 6.03. The molecule has 24 heavy (non-hydrogen) atoms. The number of fused-ring (bicyclic) bond motifs is 1. The van der Waals surface area contributed by atoms with Gasteiger partial charge in [0, 0.05) is 31.7 Å². The summed E-state index contributed by atoms with van der Waals surface area (Å²) >= 11 is 0. The number of aromatic nitrogens is 2. The fourth-order valence-corrected chi connectivity index (χ4v) is 3.59. The third kappa shape index (κ3) is 2.97. The zero-order valence-electron chi connectivity index (χ0n) is 13.7. The fourth-order valence-electron chi connectivity index (χ4n) is 3.59. The standard InChI is InChI=1S/C18H21N5O/c1-12-3-2-4-13(5-12)18(24)22-16-8-20-9-17(21-16)23-10-14-6-19-7-15(14)11-23/h2-5,8-9,14-15,19H,6-7,10-11H2,1H3,(H,21,22,24)/t14-,15+. The molecule has 1 aromatic carbocycles. The van der Waals surface area contributed by atoms with Gasteiger partial charge in [-0.1, -0.05) is 17.7 Å². The van der Waals surface area contributed by atoms with E-state index in [1.807, 2.05) is 25.1 Å². The van der Waals surface area contributed by atoms with Gasteiger partial charge >= 0.3 is 0 Å². The molecule has 0 spiro atoms. The summed E-state index contributed by atoms with van der Waals surface area (Å²) in [5, 5.41) is 6.28. The quantitative estimate of drug-likeness (QED) is 0.899. The SMILES string of the molecule is Cc1cccc(C(=O)Nc2cncc(N3C[C@H]4CNC[C@H]4C3)n2)c1. The molecule has 0 unspecified atom stereocenters. The topological polar surface area (TPSA) is 70.2 Å². The summed E-state index contributed by atoms with van der Waals surface area (Å²) in [7, 11) is 0. The number of anilines is 2. The molecule has 6 nitrogen and oxygen atoms in total. The molecule has 1 amide bonds. The highest BCUT2D eigenvalue weighted by Crippen LogP contribution is 2.29. The van der Waals surface area contributed by atoms with E-state index in [0.717, 1.165) is 37.6 Å². The minimum absolute atomic E-state index is 0.160. The average Bonchev–Trinajstić information content (AvgIpc) is 3.17. The Morgan fingerprint density at radius 2 is 2.04 bits per heavy atom. The summed E-state index contributed by atoms with van der Waals surface area (Å²) in [5.41, 5.74) is 1.68. The van der Waals surface area contributed by atoms with Gasteiger partial charge in [0.15, 0.2) is 5.82 Å². The molecule has 2 aromatic rings. The van der Waals surface area contributed by atoms with E-state index in [4.69, 9.17) is 0 Å². The molecule has 2 aliphatic rings. The van der Waals surface area contributed by atoms with Crippen molar-refractivity contribution in [3.63, 3.8) is 0 Å². The zero-order valence-corrected chi connectivity index (χ0v) is 13.7. The minimum atomic E-state index is -0.160. The van der Waals surface area contributed by atoms with E-state index in [-0.39, 0.29) is 5.91 Å². The van der Waals surface area contributed by atoms with Gasteiger partial charge in [0.2, 0.25) is 0 Å². The van der Waals surface area contributed by atoms with Crippen molar-refractivity contribution >= 4 is 17.5 Å². The number of hydrogen-bond donors (Lipinski definition) is 2. The average molecular weight is 323 g/mol. The van der Waals surface area contributed by atoms with Gasteiger partial charge in [-0.25, -0.2) is 4.98 Å². The number of rotatable bonds is 3. The van der Waals surface area contributed by atoms with E-state index in [0.29, 0.717) is 23.2 Å². The van der Waals surface area contributed by atoms with Crippen molar-refractivity contribution < 1.29 is 4.79 Å². The molecule has 2 saturated heterocycles. The van der Waals surface area contributed by atoms with E-state index in [2.05, 4.69) is 25.5 Å². The van der Waals surface area contributed by atoms with Crippen LogP contribution in [0.1, 0.15) is 15.9 Å². The van der Waals surface area contributed by atoms with Gasteiger partial charge in [-0.3, -0.25) is 9.78 Å². The molecular weight excluding hydrogens is 302 g/mol. The van der Waals surface area contributed by atoms with Crippen LogP contribution in [-0.4, -0.2) is 42.1 Å². The van der Waals surface area contributed by atoms with Gasteiger partial charge in [0.1, 0.15) is 5.82 Å². The molecule has 1 aromatic heterocycles. The van der Waals surface area contributed by atoms with Crippen LogP contribution in [0.3, 0.4) is 0 Å². The number of carbonyl (C=O) groups is 1. The maximum atomic E-state index is 12.4. The molecule has 2 aliphatic heterocycles. The van der Waals surface area contributed by atoms with Crippen LogP contribution in [0.2, 0.25) is 0 Å². The lowest BCUT2D eigenvalue weighted by Crippen LogP contribution is -2.26. The first-order chi connectivity index (χ1) is 11.7. The first-order valence-electron chi connectivity index (χ1n) is 8.35. The number of amides is 1. The van der Waals surface area contributed by atoms with Gasteiger partial charge in [-0.2, -0.15) is 0 Å². The number of aryl methyl sites for hydroxylation is 1. The first kappa shape index (κ1) is 15.1. The van der Waals surface area contributed by atoms with Crippen LogP contribution in [0.4, 0.5) is 11.6 Å². The Balaban J connectivity index is 1.48. The van der Waals surface area contributed by atoms with E-state index in [1.54, 1.807) is 18.5 Å². The molecule has 0 saturated carbocycles. The van der Waals surface area contributed by atoms with Crippen LogP contribution in [0.15, 0.2) is 36.7 Å². The largest absolute Gasteiger partial charge is 0.355 e. The van der Waals surface area contributed by atoms with Crippen molar-refractivity contribution in [3.8, 4) is 0 Å². The predicted molar refractivity (Wildman–Crippen MR) is 93.2 cm³/mol. The molecule has 2 fully saturated rings. The lowest BCUT2D eigenvalue weighted by atomic mass is 10.0. The molecule has 2 atom stereocenters. The molecule has 2 N–H and O–H groups in total. The minimum Gasteiger partial charge on any atom is -0.355 e. The molecule has 0 bridgehead atoms. The first-order valence-corrected chi connectivity index (χ1v) is 8.35. The van der Waals surface area contributed by atoms with Crippen LogP contribution in [0, 0.1) is 18.8 Å². The van der Waals surface area contributed by atoms with E-state index < -0.39 is 0 Å². The maximum absolute atomic E-state index is 12.4. The van der Waals surface area contributed by atoms with E-state index >= 15 is 0 Å². The third-order valence-corrected chi connectivity index (χ3v) is 4.86. The van der Waals surface area contributed by atoms with Gasteiger partial charge in [-0.15, -0.1) is 0 Å². The van der Waals surface area contributed by atoms with Crippen LogP contribution in [-0.2, 0) is 0 Å². The number of benzene rings is 1. The highest BCUT2D eigenvalue weighted by Gasteiger charge is 2.36. The van der Waals surface area contributed by atoms with Gasteiger partial charge in [0.05, 0.1) is 12.4 Å². The van der Waals surface area contributed by atoms with E-state index in [9.17, 15) is 4.79 Å². The summed E-state index contributed by atoms with van der Waals surface area (Å²) in [6, 6.07) is 7.51. The number of hydrogen-bond acceptors (Lipinski definition) is 5. The maximum Gasteiger partial charge on any atom is 0.256 e. The lowest BCUT2D eigenvalue weighted by molar-refractivity contribution is 0.102. The van der Waals surface area contributed by atoms with Crippen molar-refractivity contribution in [2.45, 2.75) is 6.92 Å². The molecular formula is C18H21N5O. The Morgan fingerprint density at radius 3 is 2.79 bits per heavy atom. The third-order valence-electron chi connectivity index (χ3n) is 4.86. The highest BCUT2D eigenvalue weighted by atomic mass is 16.1. The van der Waals surface area contributed by atoms with Crippen molar-refractivity contribution in [1.82, 2.24) is 15.3 Å². The summed E-state index contributed by atoms with van der Waals surface area (Å²) < 4.78 is 0. The van der Waals surface area contributed by atoms with Crippen LogP contribution in [0.5, 0.6) is 0 Å². The van der Waals surface area contributed by atoms with Crippen molar-refractivity contribution in [2.75, 3.05) is 36.4 Å². The van der Waals surface area contributed by atoms with Crippen LogP contribution >= 0.6 is 0 Å². The molecule has 0 radical (unpaired) electrons. The second-order valence-electron chi connectivity index (χ2n) is 6.67. The summed E-state index contributed by atoms with van der Waals surface area (Å²) in [4.78, 5) is 23.5. The number of nitrogens with zero attached hydrogens (tertiary/aromatic N) is 3. The second-order valence-corrected chi connectivity index (χ2v) is 6.67. The van der Waals surface area contributed by atoms with E-state index in [1.165, 1.54) is 0 Å². The Labute approximate surface area is 141 Å². The Morgan fingerprint density at radius 1 is 1.25 bits per heavy atom. The molecule has 6 heteroatoms. The van der Waals surface area contributed by atoms with Gasteiger partial charge in [0.25, 0.3) is 5.91 Å². The Bertz CT molecular complexity index is 751. The lowest BCUT2D eigenvalue weighted by Gasteiger charge is -2.18. The van der Waals surface area contributed by atoms with Crippen molar-refractivity contribution in [3.05, 3.63) is 47.8 Å². The van der Waals surface area contributed by atoms with Crippen LogP contribution < -0.4 is 15.5 Å². The molecule has 4 rings (SSSR count). The fraction of sp³-hybridized carbons (Fsp3) is 0.389. The van der Waals surface area contributed by atoms with Gasteiger partial charge in [-0.05, 0) is 30.9 Å². The summed E-state index contributed by atoms with van der Waals surface area (Å²) in [5.74, 6) is 2.56. The Kier molecular flexibility index (Phi) is 3.90. The molecule has 124 valence electrons. The van der Waals surface area contributed by atoms with Crippen LogP contribution in [0.25, 0.3) is 0 Å². The summed E-state index contributed by atoms with van der Waals surface area (Å²) in [6.07, 6.45) is 3.37. The second kappa shape index (κ2) is 6.20. The van der Waals surface area contributed by atoms with Crippen molar-refractivity contribution in [1.29, 1.82) is 0 Å². The predicted octanol–water partition coefficient (Wildman–Crippen LogP) is 1.69. The number of carbonyl (C=O) groups excluding carboxylic acids is 1. The van der Waals surface area contributed by atoms with Crippen molar-refractivity contribution in [2.24, 2.45) is 11.8 Å². The smallest absolute Gasteiger partial charge is 0.256 e. The molecule has 3 heterocycles. The molecule has 0 aliphatic carbocycles. The van der Waals surface area contributed by atoms with Gasteiger partial charge < -0.3 is 15.5 Å².